The van der Waals surface area contributed by atoms with Gasteiger partial charge in [-0.1, -0.05) is 62.9 Å². The van der Waals surface area contributed by atoms with Gasteiger partial charge in [-0.25, -0.2) is 0 Å². The summed E-state index contributed by atoms with van der Waals surface area (Å²) >= 11 is 0. The zero-order valence-electron chi connectivity index (χ0n) is 30.7. The molecule has 274 valence electrons. The Kier molecular flexibility index (Phi) is 9.95. The molecule has 4 aliphatic carbocycles. The van der Waals surface area contributed by atoms with Gasteiger partial charge in [-0.15, -0.1) is 0 Å². The Morgan fingerprint density at radius 2 is 1.82 bits per heavy atom. The summed E-state index contributed by atoms with van der Waals surface area (Å²) in [6.07, 6.45) is 5.43. The number of allylic oxidation sites excluding steroid dienone is 1. The number of hydrogen-bond donors (Lipinski definition) is 4. The second-order valence-electron chi connectivity index (χ2n) is 17.4. The number of ether oxygens (including phenoxy) is 3. The summed E-state index contributed by atoms with van der Waals surface area (Å²) in [4.78, 5) is 14.3. The number of ketones is 1. The van der Waals surface area contributed by atoms with Gasteiger partial charge in [0.1, 0.15) is 12.7 Å². The van der Waals surface area contributed by atoms with Crippen molar-refractivity contribution >= 4 is 5.78 Å². The molecule has 6 bridgehead atoms. The maximum atomic E-state index is 14.3. The van der Waals surface area contributed by atoms with Crippen molar-refractivity contribution in [2.24, 2.45) is 40.4 Å². The Morgan fingerprint density at radius 3 is 2.58 bits per heavy atom. The van der Waals surface area contributed by atoms with Crippen LogP contribution >= 0.6 is 0 Å². The summed E-state index contributed by atoms with van der Waals surface area (Å²) in [5.74, 6) is 6.93. The Morgan fingerprint density at radius 1 is 1.04 bits per heavy atom. The molecule has 4 heterocycles. The van der Waals surface area contributed by atoms with Crippen LogP contribution in [-0.4, -0.2) is 89.6 Å². The molecule has 14 atom stereocenters. The molecule has 9 rings (SSSR count). The lowest BCUT2D eigenvalue weighted by Gasteiger charge is -2.61. The number of nitrogens with one attached hydrogen (secondary N) is 1. The van der Waals surface area contributed by atoms with Crippen molar-refractivity contribution in [3.8, 4) is 11.8 Å². The lowest BCUT2D eigenvalue weighted by atomic mass is 9.45. The van der Waals surface area contributed by atoms with E-state index in [1.165, 1.54) is 0 Å². The second-order valence-corrected chi connectivity index (χ2v) is 17.4. The van der Waals surface area contributed by atoms with E-state index in [0.717, 1.165) is 43.2 Å². The fraction of sp³-hybridized carbons (Fsp3) is 0.738. The van der Waals surface area contributed by atoms with E-state index in [9.17, 15) is 20.1 Å². The molecular weight excluding hydrogens is 630 g/mol. The summed E-state index contributed by atoms with van der Waals surface area (Å²) in [6, 6.07) is 10.3. The summed E-state index contributed by atoms with van der Waals surface area (Å²) in [5, 5.41) is 37.9. The molecule has 0 aromatic heterocycles. The third kappa shape index (κ3) is 5.93. The van der Waals surface area contributed by atoms with Crippen molar-refractivity contribution in [3.63, 3.8) is 0 Å². The molecule has 1 aromatic rings. The predicted molar refractivity (Wildman–Crippen MR) is 191 cm³/mol. The standard InChI is InChI=1S/C42H59NO7/c1-26-24-49-37(31(26)23-43-22-27(2)44)38(46)41(5,47)36-15-18-42-33-21-35(45)34-20-30(13-16-39(34,3)32(33)14-17-40(36,42)4)48-25-29(12-9-19-50-42)28-10-7-6-8-11-28/h6-8,10-11,21,26-27,29-32,34,36-38,43-44,46-47H,13-20,22-25H2,1-5H3/t26-,27-,29+,30-,31+,32-,34-,36-,37-,38+,39+,40+,41-,42+/m0/s1. The van der Waals surface area contributed by atoms with Crippen LogP contribution < -0.4 is 5.32 Å². The Labute approximate surface area is 298 Å². The van der Waals surface area contributed by atoms with E-state index >= 15 is 0 Å². The third-order valence-electron chi connectivity index (χ3n) is 14.5. The number of aliphatic hydroxyl groups is 3. The highest BCUT2D eigenvalue weighted by atomic mass is 16.5. The van der Waals surface area contributed by atoms with E-state index in [0.29, 0.717) is 39.1 Å². The van der Waals surface area contributed by atoms with Gasteiger partial charge in [0.05, 0.1) is 48.6 Å². The van der Waals surface area contributed by atoms with E-state index in [1.807, 2.05) is 24.3 Å². The van der Waals surface area contributed by atoms with E-state index in [-0.39, 0.29) is 59.4 Å². The molecule has 0 unspecified atom stereocenters. The molecule has 8 aliphatic rings. The monoisotopic (exact) mass is 689 g/mol. The van der Waals surface area contributed by atoms with Crippen LogP contribution in [0.1, 0.15) is 91.0 Å². The van der Waals surface area contributed by atoms with Gasteiger partial charge in [-0.3, -0.25) is 4.79 Å². The molecule has 3 saturated carbocycles. The summed E-state index contributed by atoms with van der Waals surface area (Å²) < 4.78 is 19.9. The number of carbonyl (C=O) groups is 1. The number of hydrogen-bond acceptors (Lipinski definition) is 8. The molecule has 4 fully saturated rings. The highest BCUT2D eigenvalue weighted by Gasteiger charge is 2.70. The van der Waals surface area contributed by atoms with Gasteiger partial charge in [0.25, 0.3) is 0 Å². The smallest absolute Gasteiger partial charge is 0.159 e. The van der Waals surface area contributed by atoms with Crippen LogP contribution in [0, 0.1) is 52.3 Å². The number of benzene rings is 1. The second kappa shape index (κ2) is 13.7. The molecule has 8 nitrogen and oxygen atoms in total. The predicted octanol–water partition coefficient (Wildman–Crippen LogP) is 4.80. The highest BCUT2D eigenvalue weighted by molar-refractivity contribution is 5.95. The highest BCUT2D eigenvalue weighted by Crippen LogP contribution is 2.70. The normalized spacial score (nSPS) is 43.6. The number of rotatable bonds is 8. The van der Waals surface area contributed by atoms with Gasteiger partial charge in [0, 0.05) is 30.3 Å². The lowest BCUT2D eigenvalue weighted by molar-refractivity contribution is -0.200. The van der Waals surface area contributed by atoms with E-state index < -0.39 is 34.9 Å². The molecule has 4 aliphatic heterocycles. The zero-order chi connectivity index (χ0) is 35.5. The minimum atomic E-state index is -1.48. The minimum absolute atomic E-state index is 0.0118. The van der Waals surface area contributed by atoms with Gasteiger partial charge >= 0.3 is 0 Å². The molecule has 0 radical (unpaired) electrons. The maximum absolute atomic E-state index is 14.3. The number of fused-ring (bicyclic) bond motifs is 2. The van der Waals surface area contributed by atoms with Crippen LogP contribution in [0.4, 0.5) is 0 Å². The van der Waals surface area contributed by atoms with Crippen LogP contribution in [0.5, 0.6) is 0 Å². The topological polar surface area (TPSA) is 117 Å². The van der Waals surface area contributed by atoms with Crippen molar-refractivity contribution in [1.82, 2.24) is 5.32 Å². The van der Waals surface area contributed by atoms with Gasteiger partial charge < -0.3 is 34.8 Å². The van der Waals surface area contributed by atoms with E-state index in [1.54, 1.807) is 13.8 Å². The Bertz CT molecular complexity index is 1500. The van der Waals surface area contributed by atoms with Gasteiger partial charge in [0.15, 0.2) is 5.78 Å². The fourth-order valence-electron chi connectivity index (χ4n) is 11.6. The molecule has 1 saturated heterocycles. The van der Waals surface area contributed by atoms with Crippen molar-refractivity contribution in [2.75, 3.05) is 32.9 Å². The number of carbonyl (C=O) groups excluding carboxylic acids is 1. The van der Waals surface area contributed by atoms with Crippen LogP contribution in [0.2, 0.25) is 0 Å². The first kappa shape index (κ1) is 36.3. The Balaban J connectivity index is 1.24. The summed E-state index contributed by atoms with van der Waals surface area (Å²) in [5.41, 5.74) is -0.798. The average Bonchev–Trinajstić information content (AvgIpc) is 3.61. The maximum Gasteiger partial charge on any atom is 0.159 e. The molecule has 4 N–H and O–H groups in total. The third-order valence-corrected chi connectivity index (χ3v) is 14.5. The van der Waals surface area contributed by atoms with Crippen molar-refractivity contribution in [3.05, 3.63) is 47.5 Å². The molecule has 8 heteroatoms. The summed E-state index contributed by atoms with van der Waals surface area (Å²) in [6.45, 7) is 12.5. The molecular formula is C42H59NO7. The first-order chi connectivity index (χ1) is 23.8. The quantitative estimate of drug-likeness (QED) is 0.288. The lowest BCUT2D eigenvalue weighted by Crippen LogP contribution is -2.64. The van der Waals surface area contributed by atoms with Gasteiger partial charge in [-0.05, 0) is 99.2 Å². The van der Waals surface area contributed by atoms with Gasteiger partial charge in [0.2, 0.25) is 0 Å². The van der Waals surface area contributed by atoms with E-state index in [2.05, 4.69) is 50.1 Å². The first-order valence-corrected chi connectivity index (χ1v) is 19.3. The van der Waals surface area contributed by atoms with Gasteiger partial charge in [-0.2, -0.15) is 0 Å². The van der Waals surface area contributed by atoms with Crippen molar-refractivity contribution in [2.45, 2.75) is 121 Å². The van der Waals surface area contributed by atoms with Crippen molar-refractivity contribution < 1.29 is 34.3 Å². The Hall–Kier alpha value is -2.09. The SMILES string of the molecule is C[C@H](O)CNC[C@H]1[C@@H]([C@@H](O)[C@@](C)(O)[C@H]2CC[C@@]34OCC#C[C@@H](c5ccccc5)CO[C@H]5CC[C@@]6(C)[C@@H](C5)C(=O)C=C3[C@@H]6CC[C@]24C)OC[C@@H]1C. The van der Waals surface area contributed by atoms with Crippen molar-refractivity contribution in [1.29, 1.82) is 0 Å². The fourth-order valence-corrected chi connectivity index (χ4v) is 11.6. The molecule has 0 amide bonds. The molecule has 50 heavy (non-hydrogen) atoms. The first-order valence-electron chi connectivity index (χ1n) is 19.3. The molecule has 1 aromatic carbocycles. The largest absolute Gasteiger partial charge is 0.392 e. The van der Waals surface area contributed by atoms with Crippen LogP contribution in [0.15, 0.2) is 42.0 Å². The van der Waals surface area contributed by atoms with Crippen LogP contribution in [-0.2, 0) is 19.0 Å². The van der Waals surface area contributed by atoms with Crippen LogP contribution in [0.25, 0.3) is 0 Å². The number of aliphatic hydroxyl groups excluding tert-OH is 2. The zero-order valence-corrected chi connectivity index (χ0v) is 30.7. The minimum Gasteiger partial charge on any atom is -0.392 e. The molecule has 1 spiro atoms. The summed E-state index contributed by atoms with van der Waals surface area (Å²) in [7, 11) is 0. The van der Waals surface area contributed by atoms with Crippen LogP contribution in [0.3, 0.4) is 0 Å². The average molecular weight is 690 g/mol. The van der Waals surface area contributed by atoms with E-state index in [4.69, 9.17) is 14.2 Å².